The monoisotopic (exact) mass is 206 g/mol. The van der Waals surface area contributed by atoms with E-state index in [1.165, 1.54) is 49.1 Å². The first-order chi connectivity index (χ1) is 7.40. The largest absolute Gasteiger partial charge is 0.381 e. The van der Waals surface area contributed by atoms with Gasteiger partial charge < -0.3 is 5.11 Å². The van der Waals surface area contributed by atoms with Crippen molar-refractivity contribution in [2.45, 2.75) is 44.6 Å². The molecule has 15 heavy (non-hydrogen) atoms. The highest BCUT2D eigenvalue weighted by Crippen LogP contribution is 2.41. The Labute approximate surface area is 90.3 Å². The third-order valence-electron chi connectivity index (χ3n) is 3.97. The molecule has 3 aliphatic rings. The Bertz CT molecular complexity index is 333. The van der Waals surface area contributed by atoms with E-state index in [-0.39, 0.29) is 6.73 Å². The van der Waals surface area contributed by atoms with Crippen molar-refractivity contribution in [2.75, 3.05) is 6.73 Å². The molecule has 0 aromatic carbocycles. The minimum atomic E-state index is 0.0885. The predicted octanol–water partition coefficient (Wildman–Crippen LogP) is 1.59. The highest BCUT2D eigenvalue weighted by atomic mass is 16.3. The lowest BCUT2D eigenvalue weighted by Crippen LogP contribution is -2.41. The van der Waals surface area contributed by atoms with E-state index in [1.807, 2.05) is 0 Å². The second-order valence-electron chi connectivity index (χ2n) is 4.77. The first kappa shape index (κ1) is 9.55. The summed E-state index contributed by atoms with van der Waals surface area (Å²) in [7, 11) is 0. The molecule has 0 aromatic heterocycles. The molecule has 82 valence electrons. The first-order valence-corrected chi connectivity index (χ1v) is 6.04. The molecule has 3 rings (SSSR count). The zero-order valence-corrected chi connectivity index (χ0v) is 9.00. The molecule has 1 aliphatic heterocycles. The summed E-state index contributed by atoms with van der Waals surface area (Å²) in [5.41, 5.74) is 4.20. The van der Waals surface area contributed by atoms with Crippen LogP contribution in [0.4, 0.5) is 0 Å². The van der Waals surface area contributed by atoms with Crippen molar-refractivity contribution in [2.24, 2.45) is 10.9 Å². The number of hydrogen-bond donors (Lipinski definition) is 2. The van der Waals surface area contributed by atoms with Gasteiger partial charge in [0.05, 0.1) is 6.73 Å². The number of allylic oxidation sites excluding steroid dienone is 1. The molecule has 2 aliphatic carbocycles. The summed E-state index contributed by atoms with van der Waals surface area (Å²) in [6.45, 7) is 0.0885. The lowest BCUT2D eigenvalue weighted by atomic mass is 9.87. The Morgan fingerprint density at radius 1 is 1.27 bits per heavy atom. The van der Waals surface area contributed by atoms with E-state index in [0.29, 0.717) is 12.0 Å². The van der Waals surface area contributed by atoms with Crippen LogP contribution >= 0.6 is 0 Å². The van der Waals surface area contributed by atoms with Crippen LogP contribution in [0.5, 0.6) is 0 Å². The summed E-state index contributed by atoms with van der Waals surface area (Å²) in [6, 6.07) is 0.391. The fourth-order valence-corrected chi connectivity index (χ4v) is 3.35. The molecule has 0 bridgehead atoms. The normalized spacial score (nSPS) is 34.1. The van der Waals surface area contributed by atoms with Gasteiger partial charge in [-0.25, -0.2) is 0 Å². The van der Waals surface area contributed by atoms with Crippen LogP contribution in [0.1, 0.15) is 38.5 Å². The minimum absolute atomic E-state index is 0.0885. The highest BCUT2D eigenvalue weighted by Gasteiger charge is 2.38. The van der Waals surface area contributed by atoms with E-state index in [9.17, 15) is 0 Å². The summed E-state index contributed by atoms with van der Waals surface area (Å²) < 4.78 is 0. The van der Waals surface area contributed by atoms with Gasteiger partial charge in [0, 0.05) is 23.4 Å². The fourth-order valence-electron chi connectivity index (χ4n) is 3.35. The smallest absolute Gasteiger partial charge is 0.0936 e. The molecule has 1 heterocycles. The lowest BCUT2D eigenvalue weighted by Gasteiger charge is -2.30. The summed E-state index contributed by atoms with van der Waals surface area (Å²) in [5, 5.41) is 12.3. The Balaban J connectivity index is 1.94. The maximum absolute atomic E-state index is 9.08. The average Bonchev–Trinajstić information content (AvgIpc) is 2.84. The maximum Gasteiger partial charge on any atom is 0.0936 e. The van der Waals surface area contributed by atoms with E-state index < -0.39 is 0 Å². The molecular formula is C12H18N2O. The van der Waals surface area contributed by atoms with Gasteiger partial charge in [-0.15, -0.1) is 0 Å². The maximum atomic E-state index is 9.08. The highest BCUT2D eigenvalue weighted by molar-refractivity contribution is 5.91. The van der Waals surface area contributed by atoms with Crippen LogP contribution in [-0.2, 0) is 0 Å². The molecule has 2 N–H and O–H groups in total. The van der Waals surface area contributed by atoms with Crippen molar-refractivity contribution in [3.8, 4) is 0 Å². The lowest BCUT2D eigenvalue weighted by molar-refractivity contribution is 0.236. The van der Waals surface area contributed by atoms with Crippen molar-refractivity contribution in [1.82, 2.24) is 5.32 Å². The summed E-state index contributed by atoms with van der Waals surface area (Å²) in [4.78, 5) is 4.81. The third kappa shape index (κ3) is 1.45. The molecular weight excluding hydrogens is 188 g/mol. The molecule has 0 amide bonds. The van der Waals surface area contributed by atoms with Gasteiger partial charge in [-0.05, 0) is 44.1 Å². The van der Waals surface area contributed by atoms with Crippen molar-refractivity contribution in [1.29, 1.82) is 0 Å². The number of aliphatic hydroxyl groups is 1. The molecule has 0 aromatic rings. The van der Waals surface area contributed by atoms with Crippen molar-refractivity contribution >= 4 is 5.71 Å². The molecule has 3 heteroatoms. The summed E-state index contributed by atoms with van der Waals surface area (Å²) in [6.07, 6.45) is 7.26. The van der Waals surface area contributed by atoms with Gasteiger partial charge >= 0.3 is 0 Å². The van der Waals surface area contributed by atoms with Gasteiger partial charge in [-0.2, -0.15) is 0 Å². The van der Waals surface area contributed by atoms with Crippen LogP contribution in [0, 0.1) is 5.92 Å². The van der Waals surface area contributed by atoms with Gasteiger partial charge in [-0.1, -0.05) is 0 Å². The third-order valence-corrected chi connectivity index (χ3v) is 3.97. The average molecular weight is 206 g/mol. The molecule has 0 radical (unpaired) electrons. The summed E-state index contributed by atoms with van der Waals surface area (Å²) >= 11 is 0. The Morgan fingerprint density at radius 3 is 3.07 bits per heavy atom. The van der Waals surface area contributed by atoms with Gasteiger partial charge in [0.2, 0.25) is 0 Å². The number of hydrogen-bond acceptors (Lipinski definition) is 3. The van der Waals surface area contributed by atoms with Crippen LogP contribution in [-0.4, -0.2) is 23.6 Å². The van der Waals surface area contributed by atoms with Crippen LogP contribution in [0.25, 0.3) is 0 Å². The zero-order chi connectivity index (χ0) is 10.3. The fraction of sp³-hybridized carbons (Fsp3) is 0.750. The van der Waals surface area contributed by atoms with Gasteiger partial charge in [0.1, 0.15) is 0 Å². The standard InChI is InChI=1S/C12H18N2O/c15-7-13-12-8-3-1-5-10(8)14-11-6-2-4-9(11)12/h8,12-13,15H,1-7H2. The second kappa shape index (κ2) is 3.72. The topological polar surface area (TPSA) is 44.6 Å². The Kier molecular flexibility index (Phi) is 2.37. The number of fused-ring (bicyclic) bond motifs is 1. The molecule has 0 spiro atoms. The minimum Gasteiger partial charge on any atom is -0.381 e. The van der Waals surface area contributed by atoms with Gasteiger partial charge in [0.25, 0.3) is 0 Å². The Hall–Kier alpha value is -0.670. The second-order valence-corrected chi connectivity index (χ2v) is 4.77. The van der Waals surface area contributed by atoms with Gasteiger partial charge in [-0.3, -0.25) is 10.3 Å². The number of rotatable bonds is 2. The molecule has 1 fully saturated rings. The van der Waals surface area contributed by atoms with Crippen LogP contribution in [0.3, 0.4) is 0 Å². The number of nitrogens with one attached hydrogen (secondary N) is 1. The van der Waals surface area contributed by atoms with Crippen molar-refractivity contribution < 1.29 is 5.11 Å². The van der Waals surface area contributed by atoms with Crippen molar-refractivity contribution in [3.63, 3.8) is 0 Å². The molecule has 1 saturated carbocycles. The van der Waals surface area contributed by atoms with Crippen LogP contribution in [0.15, 0.2) is 16.3 Å². The SMILES string of the molecule is OCNC1C2=C(CCC2)N=C2CCCC21. The van der Waals surface area contributed by atoms with E-state index in [4.69, 9.17) is 10.1 Å². The molecule has 0 saturated heterocycles. The molecule has 2 atom stereocenters. The van der Waals surface area contributed by atoms with Crippen molar-refractivity contribution in [3.05, 3.63) is 11.3 Å². The zero-order valence-electron chi connectivity index (χ0n) is 9.00. The van der Waals surface area contributed by atoms with Crippen LogP contribution < -0.4 is 5.32 Å². The van der Waals surface area contributed by atoms with E-state index in [1.54, 1.807) is 0 Å². The van der Waals surface area contributed by atoms with Crippen LogP contribution in [0.2, 0.25) is 0 Å². The first-order valence-electron chi connectivity index (χ1n) is 6.04. The van der Waals surface area contributed by atoms with Gasteiger partial charge in [0.15, 0.2) is 0 Å². The number of nitrogens with zero attached hydrogens (tertiary/aromatic N) is 1. The quantitative estimate of drug-likeness (QED) is 0.674. The van der Waals surface area contributed by atoms with E-state index in [2.05, 4.69) is 5.32 Å². The molecule has 2 unspecified atom stereocenters. The number of aliphatic imine (C=N–C) groups is 1. The summed E-state index contributed by atoms with van der Waals surface area (Å²) in [5.74, 6) is 0.578. The van der Waals surface area contributed by atoms with E-state index in [0.717, 1.165) is 6.42 Å². The predicted molar refractivity (Wildman–Crippen MR) is 59.7 cm³/mol. The number of aliphatic hydroxyl groups excluding tert-OH is 1. The molecule has 3 nitrogen and oxygen atoms in total. The van der Waals surface area contributed by atoms with E-state index >= 15 is 0 Å². The Morgan fingerprint density at radius 2 is 2.20 bits per heavy atom.